The normalized spacial score (nSPS) is 20.4. The number of amides is 2. The molecule has 1 aliphatic heterocycles. The van der Waals surface area contributed by atoms with Gasteiger partial charge >= 0.3 is 6.09 Å². The number of nitrogens with zero attached hydrogens (tertiary/aromatic N) is 1. The van der Waals surface area contributed by atoms with Crippen molar-refractivity contribution < 1.29 is 23.8 Å². The largest absolute Gasteiger partial charge is 0.439 e. The molecule has 27 heavy (non-hydrogen) atoms. The van der Waals surface area contributed by atoms with Crippen LogP contribution in [0.3, 0.4) is 0 Å². The summed E-state index contributed by atoms with van der Waals surface area (Å²) in [4.78, 5) is 26.3. The van der Waals surface area contributed by atoms with Crippen molar-refractivity contribution in [3.8, 4) is 0 Å². The quantitative estimate of drug-likeness (QED) is 0.749. The van der Waals surface area contributed by atoms with Crippen LogP contribution in [-0.2, 0) is 25.6 Å². The summed E-state index contributed by atoms with van der Waals surface area (Å²) in [6.45, 7) is 2.20. The lowest BCUT2D eigenvalue weighted by Crippen LogP contribution is -2.46. The monoisotopic (exact) mass is 369 g/mol. The molecule has 2 aromatic carbocycles. The van der Waals surface area contributed by atoms with Crippen molar-refractivity contribution in [2.75, 3.05) is 13.7 Å². The van der Waals surface area contributed by atoms with Crippen molar-refractivity contribution in [1.82, 2.24) is 4.90 Å². The average Bonchev–Trinajstić information content (AvgIpc) is 3.00. The van der Waals surface area contributed by atoms with Crippen molar-refractivity contribution in [2.45, 2.75) is 31.8 Å². The van der Waals surface area contributed by atoms with Gasteiger partial charge in [-0.15, -0.1) is 0 Å². The molecule has 3 rings (SSSR count). The predicted molar refractivity (Wildman–Crippen MR) is 98.9 cm³/mol. The highest BCUT2D eigenvalue weighted by Gasteiger charge is 2.45. The van der Waals surface area contributed by atoms with E-state index in [2.05, 4.69) is 0 Å². The van der Waals surface area contributed by atoms with Crippen LogP contribution >= 0.6 is 0 Å². The Morgan fingerprint density at radius 3 is 2.37 bits per heavy atom. The maximum Gasteiger partial charge on any atom is 0.417 e. The third kappa shape index (κ3) is 4.35. The van der Waals surface area contributed by atoms with Crippen molar-refractivity contribution >= 4 is 12.0 Å². The van der Waals surface area contributed by atoms with E-state index in [1.165, 1.54) is 7.11 Å². The minimum Gasteiger partial charge on any atom is -0.439 e. The number of hydrogen-bond donors (Lipinski definition) is 0. The highest BCUT2D eigenvalue weighted by Crippen LogP contribution is 2.32. The zero-order valence-corrected chi connectivity index (χ0v) is 15.4. The van der Waals surface area contributed by atoms with Crippen LogP contribution in [0.2, 0.25) is 0 Å². The molecule has 0 unspecified atom stereocenters. The molecule has 0 aliphatic carbocycles. The van der Waals surface area contributed by atoms with Crippen molar-refractivity contribution in [1.29, 1.82) is 0 Å². The number of rotatable bonds is 7. The Kier molecular flexibility index (Phi) is 6.21. The third-order valence-corrected chi connectivity index (χ3v) is 4.58. The molecular weight excluding hydrogens is 346 g/mol. The molecule has 1 aliphatic rings. The molecule has 1 saturated heterocycles. The number of hydrogen-bond acceptors (Lipinski definition) is 5. The van der Waals surface area contributed by atoms with Crippen LogP contribution in [0.25, 0.3) is 0 Å². The van der Waals surface area contributed by atoms with Gasteiger partial charge in [-0.2, -0.15) is 0 Å². The lowest BCUT2D eigenvalue weighted by atomic mass is 10.0. The summed E-state index contributed by atoms with van der Waals surface area (Å²) in [6.07, 6.45) is -2.03. The number of carbonyl (C=O) groups excluding carboxylic acids is 2. The second-order valence-corrected chi connectivity index (χ2v) is 6.39. The van der Waals surface area contributed by atoms with Gasteiger partial charge in [-0.3, -0.25) is 4.79 Å². The molecule has 1 fully saturated rings. The predicted octanol–water partition coefficient (Wildman–Crippen LogP) is 3.33. The minimum absolute atomic E-state index is 0.0523. The number of cyclic esters (lactones) is 1. The number of imide groups is 1. The standard InChI is InChI=1S/C21H23NO5/c1-15-19(17-11-7-4-8-12-17)27-21(24)22(15)20(23)18(25-2)14-26-13-16-9-5-3-6-10-16/h3-12,15,18-19H,13-14H2,1-2H3/t15-,18+,19-/m1/s1. The molecule has 142 valence electrons. The lowest BCUT2D eigenvalue weighted by molar-refractivity contribution is -0.143. The first-order valence-electron chi connectivity index (χ1n) is 8.85. The number of ether oxygens (including phenoxy) is 3. The summed E-state index contributed by atoms with van der Waals surface area (Å²) in [6, 6.07) is 18.6. The molecule has 0 saturated carbocycles. The van der Waals surface area contributed by atoms with Crippen LogP contribution in [0.4, 0.5) is 4.79 Å². The van der Waals surface area contributed by atoms with Gasteiger partial charge in [0.05, 0.1) is 19.3 Å². The highest BCUT2D eigenvalue weighted by atomic mass is 16.6. The van der Waals surface area contributed by atoms with Crippen molar-refractivity contribution in [3.05, 3.63) is 71.8 Å². The van der Waals surface area contributed by atoms with Crippen molar-refractivity contribution in [2.24, 2.45) is 0 Å². The molecule has 6 nitrogen and oxygen atoms in total. The maximum absolute atomic E-state index is 12.8. The summed E-state index contributed by atoms with van der Waals surface area (Å²) >= 11 is 0. The van der Waals surface area contributed by atoms with Gasteiger partial charge in [-0.25, -0.2) is 9.69 Å². The van der Waals surface area contributed by atoms with Crippen LogP contribution in [0.1, 0.15) is 24.2 Å². The molecule has 0 N–H and O–H groups in total. The fraction of sp³-hybridized carbons (Fsp3) is 0.333. The second kappa shape index (κ2) is 8.79. The minimum atomic E-state index is -0.877. The van der Waals surface area contributed by atoms with Gasteiger partial charge in [0.25, 0.3) is 5.91 Å². The van der Waals surface area contributed by atoms with Crippen LogP contribution < -0.4 is 0 Å². The molecular formula is C21H23NO5. The molecule has 0 aromatic heterocycles. The fourth-order valence-corrected chi connectivity index (χ4v) is 3.10. The van der Waals surface area contributed by atoms with Gasteiger partial charge in [-0.05, 0) is 18.1 Å². The average molecular weight is 369 g/mol. The first kappa shape index (κ1) is 19.1. The van der Waals surface area contributed by atoms with E-state index in [1.807, 2.05) is 60.7 Å². The van der Waals surface area contributed by atoms with Gasteiger partial charge in [-0.1, -0.05) is 60.7 Å². The first-order valence-corrected chi connectivity index (χ1v) is 8.85. The molecule has 2 aromatic rings. The molecule has 6 heteroatoms. The Hall–Kier alpha value is -2.70. The summed E-state index contributed by atoms with van der Waals surface area (Å²) in [5, 5.41) is 0. The Balaban J connectivity index is 1.63. The SMILES string of the molecule is CO[C@@H](COCc1ccccc1)C(=O)N1C(=O)O[C@@H](c2ccccc2)[C@H]1C. The third-order valence-electron chi connectivity index (χ3n) is 4.58. The van der Waals surface area contributed by atoms with Gasteiger partial charge in [0.1, 0.15) is 6.10 Å². The van der Waals surface area contributed by atoms with Gasteiger partial charge in [0.2, 0.25) is 0 Å². The first-order chi connectivity index (χ1) is 13.1. The maximum atomic E-state index is 12.8. The van der Waals surface area contributed by atoms with E-state index in [1.54, 1.807) is 6.92 Å². The van der Waals surface area contributed by atoms with E-state index in [4.69, 9.17) is 14.2 Å². The van der Waals surface area contributed by atoms with Gasteiger partial charge in [0, 0.05) is 7.11 Å². The molecule has 2 amide bonds. The van der Waals surface area contributed by atoms with Gasteiger partial charge < -0.3 is 14.2 Å². The van der Waals surface area contributed by atoms with E-state index in [-0.39, 0.29) is 6.61 Å². The molecule has 0 radical (unpaired) electrons. The topological polar surface area (TPSA) is 65.1 Å². The zero-order chi connectivity index (χ0) is 19.2. The Labute approximate surface area is 158 Å². The Morgan fingerprint density at radius 1 is 1.11 bits per heavy atom. The molecule has 3 atom stereocenters. The number of benzene rings is 2. The lowest BCUT2D eigenvalue weighted by Gasteiger charge is -2.23. The van der Waals surface area contributed by atoms with Crippen LogP contribution in [-0.4, -0.2) is 42.8 Å². The van der Waals surface area contributed by atoms with Crippen LogP contribution in [0.5, 0.6) is 0 Å². The zero-order valence-electron chi connectivity index (χ0n) is 15.4. The van der Waals surface area contributed by atoms with E-state index >= 15 is 0 Å². The van der Waals surface area contributed by atoms with E-state index in [0.29, 0.717) is 6.61 Å². The smallest absolute Gasteiger partial charge is 0.417 e. The van der Waals surface area contributed by atoms with Crippen LogP contribution in [0, 0.1) is 0 Å². The Morgan fingerprint density at radius 2 is 1.74 bits per heavy atom. The second-order valence-electron chi connectivity index (χ2n) is 6.39. The van der Waals surface area contributed by atoms with E-state index < -0.39 is 30.3 Å². The van der Waals surface area contributed by atoms with Crippen molar-refractivity contribution in [3.63, 3.8) is 0 Å². The van der Waals surface area contributed by atoms with Gasteiger partial charge in [0.15, 0.2) is 6.10 Å². The van der Waals surface area contributed by atoms with E-state index in [9.17, 15) is 9.59 Å². The number of methoxy groups -OCH3 is 1. The summed E-state index contributed by atoms with van der Waals surface area (Å²) < 4.78 is 16.3. The molecule has 0 bridgehead atoms. The molecule has 1 heterocycles. The summed E-state index contributed by atoms with van der Waals surface area (Å²) in [7, 11) is 1.43. The summed E-state index contributed by atoms with van der Waals surface area (Å²) in [5.41, 5.74) is 1.85. The number of carbonyl (C=O) groups is 2. The van der Waals surface area contributed by atoms with Crippen LogP contribution in [0.15, 0.2) is 60.7 Å². The fourth-order valence-electron chi connectivity index (χ4n) is 3.10. The molecule has 0 spiro atoms. The Bertz CT molecular complexity index is 765. The highest BCUT2D eigenvalue weighted by molar-refractivity contribution is 5.96. The van der Waals surface area contributed by atoms with E-state index in [0.717, 1.165) is 16.0 Å². The summed E-state index contributed by atoms with van der Waals surface area (Å²) in [5.74, 6) is -0.457.